The molecule has 0 fully saturated rings. The minimum atomic E-state index is -0.722. The molecule has 146 valence electrons. The van der Waals surface area contributed by atoms with Crippen LogP contribution in [0.2, 0.25) is 5.02 Å². The smallest absolute Gasteiger partial charge is 0.259 e. The third-order valence-electron chi connectivity index (χ3n) is 3.93. The molecule has 0 aliphatic carbocycles. The number of nitrogens with zero attached hydrogens (tertiary/aromatic N) is 3. The van der Waals surface area contributed by atoms with Crippen LogP contribution in [0.25, 0.3) is 17.0 Å². The van der Waals surface area contributed by atoms with Gasteiger partial charge in [-0.15, -0.1) is 0 Å². The first-order valence-corrected chi connectivity index (χ1v) is 8.81. The standard InChI is InChI=1S/C21H16ClFN4O2/c1-3-4-19(29-2)13-5-6-16(22)15(9-13)18-11-26-20(12-25-18)27-21(28)14-7-8-24-10-17(14)23/h3-12H,1H2,2H3,(H,26,27,28)/b19-4-. The van der Waals surface area contributed by atoms with Crippen molar-refractivity contribution >= 4 is 29.1 Å². The maximum Gasteiger partial charge on any atom is 0.259 e. The highest BCUT2D eigenvalue weighted by molar-refractivity contribution is 6.33. The van der Waals surface area contributed by atoms with Crippen LogP contribution in [0.15, 0.2) is 67.8 Å². The second-order valence-electron chi connectivity index (χ2n) is 5.76. The fourth-order valence-corrected chi connectivity index (χ4v) is 2.75. The maximum absolute atomic E-state index is 13.7. The summed E-state index contributed by atoms with van der Waals surface area (Å²) in [6, 6.07) is 6.64. The molecule has 0 bridgehead atoms. The molecular weight excluding hydrogens is 395 g/mol. The second kappa shape index (κ2) is 9.07. The summed E-state index contributed by atoms with van der Waals surface area (Å²) in [4.78, 5) is 24.2. The lowest BCUT2D eigenvalue weighted by molar-refractivity contribution is 0.102. The Hall–Kier alpha value is -3.58. The molecular formula is C21H16ClFN4O2. The first kappa shape index (κ1) is 20.2. The van der Waals surface area contributed by atoms with Gasteiger partial charge in [-0.3, -0.25) is 14.8 Å². The number of halogens is 2. The molecule has 2 heterocycles. The van der Waals surface area contributed by atoms with E-state index in [-0.39, 0.29) is 11.4 Å². The number of aromatic nitrogens is 3. The Balaban J connectivity index is 1.85. The number of amides is 1. The minimum Gasteiger partial charge on any atom is -0.496 e. The first-order valence-electron chi connectivity index (χ1n) is 8.43. The van der Waals surface area contributed by atoms with Crippen LogP contribution in [0.4, 0.5) is 10.2 Å². The van der Waals surface area contributed by atoms with Crippen LogP contribution in [-0.4, -0.2) is 28.0 Å². The van der Waals surface area contributed by atoms with Crippen molar-refractivity contribution in [3.63, 3.8) is 0 Å². The van der Waals surface area contributed by atoms with Crippen LogP contribution < -0.4 is 5.32 Å². The Morgan fingerprint density at radius 1 is 1.24 bits per heavy atom. The predicted octanol–water partition coefficient (Wildman–Crippen LogP) is 4.76. The van der Waals surface area contributed by atoms with Gasteiger partial charge in [0.05, 0.1) is 42.0 Å². The Kier molecular flexibility index (Phi) is 6.31. The molecule has 3 aromatic rings. The highest BCUT2D eigenvalue weighted by atomic mass is 35.5. The van der Waals surface area contributed by atoms with Gasteiger partial charge in [-0.2, -0.15) is 0 Å². The lowest BCUT2D eigenvalue weighted by atomic mass is 10.1. The number of benzene rings is 1. The number of pyridine rings is 1. The first-order chi connectivity index (χ1) is 14.0. The van der Waals surface area contributed by atoms with Crippen LogP contribution in [0.3, 0.4) is 0 Å². The van der Waals surface area contributed by atoms with Crippen molar-refractivity contribution in [3.8, 4) is 11.3 Å². The lowest BCUT2D eigenvalue weighted by Gasteiger charge is -2.10. The van der Waals surface area contributed by atoms with Crippen molar-refractivity contribution < 1.29 is 13.9 Å². The summed E-state index contributed by atoms with van der Waals surface area (Å²) in [7, 11) is 1.56. The van der Waals surface area contributed by atoms with Gasteiger partial charge < -0.3 is 10.1 Å². The second-order valence-corrected chi connectivity index (χ2v) is 6.17. The van der Waals surface area contributed by atoms with Crippen LogP contribution in [-0.2, 0) is 4.74 Å². The van der Waals surface area contributed by atoms with E-state index in [4.69, 9.17) is 16.3 Å². The zero-order valence-electron chi connectivity index (χ0n) is 15.4. The molecule has 0 spiro atoms. The van der Waals surface area contributed by atoms with Gasteiger partial charge in [0.2, 0.25) is 0 Å². The number of carbonyl (C=O) groups is 1. The van der Waals surface area contributed by atoms with E-state index in [9.17, 15) is 9.18 Å². The van der Waals surface area contributed by atoms with Crippen molar-refractivity contribution in [1.29, 1.82) is 0 Å². The summed E-state index contributed by atoms with van der Waals surface area (Å²) in [5, 5.41) is 2.97. The van der Waals surface area contributed by atoms with Gasteiger partial charge in [0.15, 0.2) is 11.6 Å². The van der Waals surface area contributed by atoms with E-state index in [1.165, 1.54) is 24.7 Å². The quantitative estimate of drug-likeness (QED) is 0.468. The van der Waals surface area contributed by atoms with E-state index in [0.717, 1.165) is 11.8 Å². The molecule has 0 atom stereocenters. The van der Waals surface area contributed by atoms with Crippen molar-refractivity contribution in [1.82, 2.24) is 15.0 Å². The zero-order chi connectivity index (χ0) is 20.8. The van der Waals surface area contributed by atoms with Gasteiger partial charge >= 0.3 is 0 Å². The molecule has 0 saturated heterocycles. The fourth-order valence-electron chi connectivity index (χ4n) is 2.54. The number of rotatable bonds is 6. The summed E-state index contributed by atoms with van der Waals surface area (Å²) in [5.41, 5.74) is 1.79. The Morgan fingerprint density at radius 2 is 2.07 bits per heavy atom. The number of anilines is 1. The molecule has 2 aromatic heterocycles. The average Bonchev–Trinajstić information content (AvgIpc) is 2.73. The molecule has 0 aliphatic rings. The Labute approximate surface area is 171 Å². The Bertz CT molecular complexity index is 1080. The van der Waals surface area contributed by atoms with Gasteiger partial charge in [-0.25, -0.2) is 9.37 Å². The normalized spacial score (nSPS) is 11.1. The molecule has 0 unspecified atom stereocenters. The van der Waals surface area contributed by atoms with Gasteiger partial charge in [-0.05, 0) is 30.3 Å². The summed E-state index contributed by atoms with van der Waals surface area (Å²) in [6.45, 7) is 3.67. The third kappa shape index (κ3) is 4.64. The summed E-state index contributed by atoms with van der Waals surface area (Å²) in [5.74, 6) is -0.577. The lowest BCUT2D eigenvalue weighted by Crippen LogP contribution is -2.15. The molecule has 1 aromatic carbocycles. The maximum atomic E-state index is 13.7. The number of hydrogen-bond donors (Lipinski definition) is 1. The van der Waals surface area contributed by atoms with E-state index < -0.39 is 11.7 Å². The van der Waals surface area contributed by atoms with E-state index in [1.807, 2.05) is 12.1 Å². The molecule has 0 aliphatic heterocycles. The van der Waals surface area contributed by atoms with Crippen molar-refractivity contribution in [2.45, 2.75) is 0 Å². The number of hydrogen-bond acceptors (Lipinski definition) is 5. The number of nitrogens with one attached hydrogen (secondary N) is 1. The van der Waals surface area contributed by atoms with Crippen molar-refractivity contribution in [2.24, 2.45) is 0 Å². The van der Waals surface area contributed by atoms with Gasteiger partial charge in [0.1, 0.15) is 5.76 Å². The fraction of sp³-hybridized carbons (Fsp3) is 0.0476. The van der Waals surface area contributed by atoms with E-state index in [2.05, 4.69) is 26.8 Å². The number of carbonyl (C=O) groups excluding carboxylic acids is 1. The highest BCUT2D eigenvalue weighted by Crippen LogP contribution is 2.30. The molecule has 1 amide bonds. The van der Waals surface area contributed by atoms with Crippen LogP contribution in [0.1, 0.15) is 15.9 Å². The number of methoxy groups -OCH3 is 1. The molecule has 6 nitrogen and oxygen atoms in total. The van der Waals surface area contributed by atoms with Gasteiger partial charge in [0.25, 0.3) is 5.91 Å². The summed E-state index contributed by atoms with van der Waals surface area (Å²) in [6.07, 6.45) is 8.48. The zero-order valence-corrected chi connectivity index (χ0v) is 16.2. The Morgan fingerprint density at radius 3 is 2.72 bits per heavy atom. The number of allylic oxidation sites excluding steroid dienone is 2. The molecule has 1 N–H and O–H groups in total. The van der Waals surface area contributed by atoms with Gasteiger partial charge in [0, 0.05) is 17.3 Å². The van der Waals surface area contributed by atoms with E-state index in [0.29, 0.717) is 22.0 Å². The molecule has 8 heteroatoms. The number of ether oxygens (including phenoxy) is 1. The van der Waals surface area contributed by atoms with E-state index in [1.54, 1.807) is 25.3 Å². The summed E-state index contributed by atoms with van der Waals surface area (Å²) >= 11 is 6.31. The molecule has 3 rings (SSSR count). The van der Waals surface area contributed by atoms with Crippen LogP contribution >= 0.6 is 11.6 Å². The monoisotopic (exact) mass is 410 g/mol. The highest BCUT2D eigenvalue weighted by Gasteiger charge is 2.13. The predicted molar refractivity (Wildman–Crippen MR) is 110 cm³/mol. The largest absolute Gasteiger partial charge is 0.496 e. The topological polar surface area (TPSA) is 77.0 Å². The SMILES string of the molecule is C=C/C=C(\OC)c1ccc(Cl)c(-c2cnc(NC(=O)c3ccncc3F)cn2)c1. The summed E-state index contributed by atoms with van der Waals surface area (Å²) < 4.78 is 19.0. The van der Waals surface area contributed by atoms with Crippen molar-refractivity contribution in [2.75, 3.05) is 12.4 Å². The van der Waals surface area contributed by atoms with Crippen LogP contribution in [0.5, 0.6) is 0 Å². The average molecular weight is 411 g/mol. The van der Waals surface area contributed by atoms with Gasteiger partial charge in [-0.1, -0.05) is 24.3 Å². The molecule has 0 saturated carbocycles. The van der Waals surface area contributed by atoms with E-state index >= 15 is 0 Å². The minimum absolute atomic E-state index is 0.136. The van der Waals surface area contributed by atoms with Crippen molar-refractivity contribution in [3.05, 3.63) is 89.8 Å². The molecule has 0 radical (unpaired) electrons. The molecule has 29 heavy (non-hydrogen) atoms. The third-order valence-corrected chi connectivity index (χ3v) is 4.26. The van der Waals surface area contributed by atoms with Crippen LogP contribution in [0, 0.1) is 5.82 Å².